The van der Waals surface area contributed by atoms with Crippen LogP contribution in [0.3, 0.4) is 0 Å². The van der Waals surface area contributed by atoms with Crippen molar-refractivity contribution in [3.63, 3.8) is 0 Å². The Kier molecular flexibility index (Phi) is 2.11. The lowest BCUT2D eigenvalue weighted by Crippen LogP contribution is -2.09. The summed E-state index contributed by atoms with van der Waals surface area (Å²) >= 11 is 0. The number of phenolic OH excluding ortho intramolecular Hbond substituents is 1. The van der Waals surface area contributed by atoms with Crippen molar-refractivity contribution in [2.45, 2.75) is 0 Å². The van der Waals surface area contributed by atoms with E-state index in [2.05, 4.69) is 5.43 Å². The number of nitro groups is 1. The van der Waals surface area contributed by atoms with Gasteiger partial charge >= 0.3 is 0 Å². The average molecular weight is 169 g/mol. The lowest BCUT2D eigenvalue weighted by atomic mass is 10.2. The number of anilines is 1. The molecule has 64 valence electrons. The second-order valence-corrected chi connectivity index (χ2v) is 2.07. The average Bonchev–Trinajstić information content (AvgIpc) is 2.03. The fourth-order valence-corrected chi connectivity index (χ4v) is 0.828. The second-order valence-electron chi connectivity index (χ2n) is 2.07. The maximum Gasteiger partial charge on any atom is 0.297 e. The van der Waals surface area contributed by atoms with E-state index in [-0.39, 0.29) is 17.1 Å². The number of aromatic hydroxyl groups is 1. The maximum atomic E-state index is 10.3. The molecule has 0 aliphatic carbocycles. The molecule has 6 nitrogen and oxygen atoms in total. The number of nitrogens with zero attached hydrogens (tertiary/aromatic N) is 1. The van der Waals surface area contributed by atoms with Gasteiger partial charge in [0.1, 0.15) is 5.75 Å². The molecule has 1 rings (SSSR count). The van der Waals surface area contributed by atoms with E-state index in [1.807, 2.05) is 0 Å². The lowest BCUT2D eigenvalue weighted by molar-refractivity contribution is -0.384. The van der Waals surface area contributed by atoms with Crippen molar-refractivity contribution in [1.82, 2.24) is 0 Å². The predicted octanol–water partition coefficient (Wildman–Crippen LogP) is 0.586. The smallest absolute Gasteiger partial charge is 0.297 e. The van der Waals surface area contributed by atoms with Gasteiger partial charge in [0.15, 0.2) is 5.69 Å². The summed E-state index contributed by atoms with van der Waals surface area (Å²) in [5, 5.41) is 19.4. The molecule has 0 radical (unpaired) electrons. The highest BCUT2D eigenvalue weighted by Gasteiger charge is 2.15. The van der Waals surface area contributed by atoms with Crippen LogP contribution in [0.15, 0.2) is 18.2 Å². The van der Waals surface area contributed by atoms with Crippen LogP contribution in [0.5, 0.6) is 5.75 Å². The quantitative estimate of drug-likeness (QED) is 0.260. The highest BCUT2D eigenvalue weighted by molar-refractivity contribution is 5.68. The molecule has 12 heavy (non-hydrogen) atoms. The summed E-state index contributed by atoms with van der Waals surface area (Å²) in [6.45, 7) is 0. The van der Waals surface area contributed by atoms with Gasteiger partial charge in [-0.1, -0.05) is 6.07 Å². The van der Waals surface area contributed by atoms with Crippen LogP contribution in [0.2, 0.25) is 0 Å². The van der Waals surface area contributed by atoms with E-state index in [1.54, 1.807) is 0 Å². The third kappa shape index (κ3) is 1.28. The Hall–Kier alpha value is -1.82. The largest absolute Gasteiger partial charge is 0.505 e. The minimum atomic E-state index is -0.630. The third-order valence-electron chi connectivity index (χ3n) is 1.36. The first-order valence-electron chi connectivity index (χ1n) is 3.10. The molecule has 0 unspecified atom stereocenters. The zero-order chi connectivity index (χ0) is 9.14. The predicted molar refractivity (Wildman–Crippen MR) is 42.6 cm³/mol. The maximum absolute atomic E-state index is 10.3. The molecule has 0 bridgehead atoms. The number of hydrogen-bond acceptors (Lipinski definition) is 5. The number of benzene rings is 1. The molecule has 0 aromatic heterocycles. The lowest BCUT2D eigenvalue weighted by Gasteiger charge is -2.02. The molecular formula is C6H7N3O3. The Morgan fingerprint density at radius 1 is 1.58 bits per heavy atom. The van der Waals surface area contributed by atoms with Gasteiger partial charge in [0.25, 0.3) is 5.69 Å². The van der Waals surface area contributed by atoms with Crippen LogP contribution in [-0.2, 0) is 0 Å². The molecule has 0 aliphatic rings. The Balaban J connectivity index is 3.27. The number of hydrazine groups is 1. The molecule has 0 saturated carbocycles. The van der Waals surface area contributed by atoms with Crippen molar-refractivity contribution < 1.29 is 10.0 Å². The molecule has 1 aromatic rings. The summed E-state index contributed by atoms with van der Waals surface area (Å²) < 4.78 is 0. The number of phenols is 1. The number of nitrogens with one attached hydrogen (secondary N) is 1. The van der Waals surface area contributed by atoms with Crippen LogP contribution >= 0.6 is 0 Å². The summed E-state index contributed by atoms with van der Waals surface area (Å²) in [6, 6.07) is 3.92. The van der Waals surface area contributed by atoms with Crippen molar-refractivity contribution >= 4 is 11.4 Å². The van der Waals surface area contributed by atoms with Gasteiger partial charge in [0.05, 0.1) is 4.92 Å². The number of para-hydroxylation sites is 1. The van der Waals surface area contributed by atoms with Gasteiger partial charge < -0.3 is 10.5 Å². The van der Waals surface area contributed by atoms with Crippen molar-refractivity contribution in [1.29, 1.82) is 0 Å². The van der Waals surface area contributed by atoms with Gasteiger partial charge in [-0.2, -0.15) is 0 Å². The van der Waals surface area contributed by atoms with Crippen molar-refractivity contribution in [3.8, 4) is 5.75 Å². The van der Waals surface area contributed by atoms with Crippen LogP contribution in [0.1, 0.15) is 0 Å². The Bertz CT molecular complexity index is 313. The summed E-state index contributed by atoms with van der Waals surface area (Å²) in [7, 11) is 0. The van der Waals surface area contributed by atoms with Gasteiger partial charge in [-0.15, -0.1) is 0 Å². The van der Waals surface area contributed by atoms with Gasteiger partial charge in [0.2, 0.25) is 0 Å². The molecule has 0 spiro atoms. The summed E-state index contributed by atoms with van der Waals surface area (Å²) in [6.07, 6.45) is 0. The van der Waals surface area contributed by atoms with E-state index >= 15 is 0 Å². The van der Waals surface area contributed by atoms with E-state index in [0.29, 0.717) is 0 Å². The standard InChI is InChI=1S/C6H7N3O3/c7-8-6-4(9(11)12)2-1-3-5(6)10/h1-3,8,10H,7H2. The molecule has 0 atom stereocenters. The van der Waals surface area contributed by atoms with Crippen molar-refractivity contribution in [2.24, 2.45) is 5.84 Å². The van der Waals surface area contributed by atoms with Crippen LogP contribution in [0.25, 0.3) is 0 Å². The SMILES string of the molecule is NNc1c(O)cccc1[N+](=O)[O-]. The van der Waals surface area contributed by atoms with Crippen molar-refractivity contribution in [2.75, 3.05) is 5.43 Å². The molecule has 0 fully saturated rings. The minimum absolute atomic E-state index is 0.0810. The van der Waals surface area contributed by atoms with Crippen LogP contribution < -0.4 is 11.3 Å². The zero-order valence-electron chi connectivity index (χ0n) is 6.02. The molecule has 0 amide bonds. The van der Waals surface area contributed by atoms with Crippen LogP contribution in [-0.4, -0.2) is 10.0 Å². The normalized spacial score (nSPS) is 9.42. The molecular weight excluding hydrogens is 162 g/mol. The van der Waals surface area contributed by atoms with E-state index < -0.39 is 4.92 Å². The number of hydrogen-bond donors (Lipinski definition) is 3. The van der Waals surface area contributed by atoms with E-state index in [1.165, 1.54) is 18.2 Å². The zero-order valence-corrected chi connectivity index (χ0v) is 6.02. The fraction of sp³-hybridized carbons (Fsp3) is 0. The third-order valence-corrected chi connectivity index (χ3v) is 1.36. The van der Waals surface area contributed by atoms with E-state index in [0.717, 1.165) is 0 Å². The van der Waals surface area contributed by atoms with Crippen LogP contribution in [0, 0.1) is 10.1 Å². The first-order valence-corrected chi connectivity index (χ1v) is 3.10. The molecule has 0 aliphatic heterocycles. The summed E-state index contributed by atoms with van der Waals surface area (Å²) in [5.74, 6) is 4.73. The first-order chi connectivity index (χ1) is 5.66. The monoisotopic (exact) mass is 169 g/mol. The minimum Gasteiger partial charge on any atom is -0.505 e. The van der Waals surface area contributed by atoms with E-state index in [9.17, 15) is 10.1 Å². The number of nitrogen functional groups attached to an aromatic ring is 1. The number of rotatable bonds is 2. The molecule has 0 saturated heterocycles. The summed E-state index contributed by atoms with van der Waals surface area (Å²) in [5.41, 5.74) is 1.72. The second kappa shape index (κ2) is 3.05. The van der Waals surface area contributed by atoms with Gasteiger partial charge in [-0.3, -0.25) is 16.0 Å². The highest BCUT2D eigenvalue weighted by Crippen LogP contribution is 2.31. The molecule has 0 heterocycles. The van der Waals surface area contributed by atoms with E-state index in [4.69, 9.17) is 10.9 Å². The fourth-order valence-electron chi connectivity index (χ4n) is 0.828. The number of nitrogens with two attached hydrogens (primary N) is 1. The molecule has 1 aromatic carbocycles. The Labute approximate surface area is 67.7 Å². The van der Waals surface area contributed by atoms with Gasteiger partial charge in [-0.05, 0) is 6.07 Å². The molecule has 6 heteroatoms. The summed E-state index contributed by atoms with van der Waals surface area (Å²) in [4.78, 5) is 9.70. The first kappa shape index (κ1) is 8.28. The number of nitro benzene ring substituents is 1. The van der Waals surface area contributed by atoms with Gasteiger partial charge in [-0.25, -0.2) is 0 Å². The van der Waals surface area contributed by atoms with Gasteiger partial charge in [0, 0.05) is 6.07 Å². The Morgan fingerprint density at radius 3 is 2.67 bits per heavy atom. The molecule has 4 N–H and O–H groups in total. The van der Waals surface area contributed by atoms with Crippen LogP contribution in [0.4, 0.5) is 11.4 Å². The van der Waals surface area contributed by atoms with Crippen molar-refractivity contribution in [3.05, 3.63) is 28.3 Å². The highest BCUT2D eigenvalue weighted by atomic mass is 16.6. The Morgan fingerprint density at radius 2 is 2.25 bits per heavy atom. The topological polar surface area (TPSA) is 101 Å².